The number of rotatable bonds is 2. The number of halogens is 1. The van der Waals surface area contributed by atoms with E-state index in [9.17, 15) is 4.79 Å². The number of nitrogens with one attached hydrogen (secondary N) is 1. The number of amides is 1. The minimum absolute atomic E-state index is 0.0743. The Labute approximate surface area is 140 Å². The van der Waals surface area contributed by atoms with Crippen molar-refractivity contribution >= 4 is 28.5 Å². The van der Waals surface area contributed by atoms with Crippen molar-refractivity contribution in [1.29, 1.82) is 0 Å². The first kappa shape index (κ1) is 15.3. The van der Waals surface area contributed by atoms with Gasteiger partial charge in [0.25, 0.3) is 5.91 Å². The van der Waals surface area contributed by atoms with E-state index in [0.29, 0.717) is 23.9 Å². The van der Waals surface area contributed by atoms with Crippen molar-refractivity contribution in [2.75, 3.05) is 0 Å². The van der Waals surface area contributed by atoms with Crippen LogP contribution in [0, 0.1) is 22.3 Å². The summed E-state index contributed by atoms with van der Waals surface area (Å²) in [5.41, 5.74) is 8.14. The van der Waals surface area contributed by atoms with Crippen LogP contribution >= 0.6 is 22.6 Å². The molecule has 1 amide bonds. The van der Waals surface area contributed by atoms with Crippen molar-refractivity contribution in [2.24, 2.45) is 17.6 Å². The number of fused-ring (bicyclic) bond motifs is 2. The third-order valence-electron chi connectivity index (χ3n) is 5.11. The van der Waals surface area contributed by atoms with Gasteiger partial charge in [-0.05, 0) is 84.7 Å². The summed E-state index contributed by atoms with van der Waals surface area (Å²) in [5.74, 6) is 1.22. The summed E-state index contributed by atoms with van der Waals surface area (Å²) in [6, 6.07) is 6.58. The number of benzene rings is 1. The normalized spacial score (nSPS) is 31.8. The van der Waals surface area contributed by atoms with Crippen LogP contribution < -0.4 is 11.1 Å². The second kappa shape index (κ2) is 6.24. The largest absolute Gasteiger partial charge is 0.349 e. The second-order valence-electron chi connectivity index (χ2n) is 6.65. The fourth-order valence-electron chi connectivity index (χ4n) is 3.99. The zero-order chi connectivity index (χ0) is 15.0. The molecule has 0 radical (unpaired) electrons. The minimum Gasteiger partial charge on any atom is -0.349 e. The maximum atomic E-state index is 12.5. The van der Waals surface area contributed by atoms with Crippen LogP contribution in [0.25, 0.3) is 0 Å². The van der Waals surface area contributed by atoms with Crippen LogP contribution in [0.4, 0.5) is 0 Å². The van der Waals surface area contributed by atoms with Gasteiger partial charge in [0.05, 0.1) is 0 Å². The van der Waals surface area contributed by atoms with E-state index < -0.39 is 0 Å². The molecule has 2 bridgehead atoms. The predicted molar refractivity (Wildman–Crippen MR) is 93.2 cm³/mol. The van der Waals surface area contributed by atoms with Crippen molar-refractivity contribution in [3.8, 4) is 0 Å². The van der Waals surface area contributed by atoms with Gasteiger partial charge in [-0.15, -0.1) is 0 Å². The van der Waals surface area contributed by atoms with Gasteiger partial charge in [-0.25, -0.2) is 0 Å². The molecule has 3 N–H and O–H groups in total. The minimum atomic E-state index is 0.0743. The molecule has 2 fully saturated rings. The van der Waals surface area contributed by atoms with Gasteiger partial charge in [0, 0.05) is 21.2 Å². The highest BCUT2D eigenvalue weighted by Gasteiger charge is 2.39. The van der Waals surface area contributed by atoms with E-state index in [1.807, 2.05) is 18.2 Å². The molecule has 2 aliphatic rings. The van der Waals surface area contributed by atoms with E-state index in [-0.39, 0.29) is 5.91 Å². The van der Waals surface area contributed by atoms with E-state index in [0.717, 1.165) is 22.0 Å². The monoisotopic (exact) mass is 398 g/mol. The van der Waals surface area contributed by atoms with Gasteiger partial charge in [-0.3, -0.25) is 4.79 Å². The zero-order valence-electron chi connectivity index (χ0n) is 12.4. The molecule has 2 saturated carbocycles. The quantitative estimate of drug-likeness (QED) is 0.752. The van der Waals surface area contributed by atoms with Crippen molar-refractivity contribution in [1.82, 2.24) is 5.32 Å². The lowest BCUT2D eigenvalue weighted by atomic mass is 9.67. The number of carbonyl (C=O) groups is 1. The van der Waals surface area contributed by atoms with Crippen LogP contribution in [0.1, 0.15) is 48.0 Å². The maximum absolute atomic E-state index is 12.5. The molecular weight excluding hydrogens is 375 g/mol. The third kappa shape index (κ3) is 3.26. The molecule has 0 aliphatic heterocycles. The summed E-state index contributed by atoms with van der Waals surface area (Å²) in [6.45, 7) is 2.07. The summed E-state index contributed by atoms with van der Waals surface area (Å²) < 4.78 is 1.14. The molecular formula is C17H23IN2O. The molecule has 21 heavy (non-hydrogen) atoms. The number of hydrogen-bond donors (Lipinski definition) is 2. The lowest BCUT2D eigenvalue weighted by Crippen LogP contribution is -2.53. The molecule has 3 rings (SSSR count). The molecule has 1 aromatic carbocycles. The number of nitrogens with two attached hydrogens (primary N) is 1. The molecule has 0 saturated heterocycles. The Hall–Kier alpha value is -0.620. The van der Waals surface area contributed by atoms with Gasteiger partial charge in [0.15, 0.2) is 0 Å². The van der Waals surface area contributed by atoms with Crippen molar-refractivity contribution in [3.05, 3.63) is 32.9 Å². The van der Waals surface area contributed by atoms with E-state index in [1.165, 1.54) is 24.8 Å². The molecule has 2 atom stereocenters. The van der Waals surface area contributed by atoms with Crippen molar-refractivity contribution in [2.45, 2.75) is 51.1 Å². The Bertz CT molecular complexity index is 532. The van der Waals surface area contributed by atoms with Crippen LogP contribution in [0.3, 0.4) is 0 Å². The molecule has 2 aliphatic carbocycles. The Morgan fingerprint density at radius 3 is 2.57 bits per heavy atom. The average molecular weight is 398 g/mol. The highest BCUT2D eigenvalue weighted by molar-refractivity contribution is 14.1. The van der Waals surface area contributed by atoms with E-state index in [2.05, 4.69) is 34.8 Å². The number of hydrogen-bond acceptors (Lipinski definition) is 2. The highest BCUT2D eigenvalue weighted by atomic mass is 127. The van der Waals surface area contributed by atoms with Gasteiger partial charge in [0.2, 0.25) is 0 Å². The first-order valence-corrected chi connectivity index (χ1v) is 8.95. The molecule has 4 heteroatoms. The van der Waals surface area contributed by atoms with Crippen molar-refractivity contribution in [3.63, 3.8) is 0 Å². The van der Waals surface area contributed by atoms with Crippen LogP contribution in [0.15, 0.2) is 18.2 Å². The summed E-state index contributed by atoms with van der Waals surface area (Å²) in [5, 5.41) is 3.31. The fraction of sp³-hybridized carbons (Fsp3) is 0.588. The van der Waals surface area contributed by atoms with Gasteiger partial charge < -0.3 is 11.1 Å². The maximum Gasteiger partial charge on any atom is 0.251 e. The summed E-state index contributed by atoms with van der Waals surface area (Å²) in [6.07, 6.45) is 5.83. The lowest BCUT2D eigenvalue weighted by Gasteiger charge is -2.45. The highest BCUT2D eigenvalue weighted by Crippen LogP contribution is 2.39. The first-order chi connectivity index (χ1) is 10.0. The van der Waals surface area contributed by atoms with Crippen LogP contribution in [0.5, 0.6) is 0 Å². The van der Waals surface area contributed by atoms with Gasteiger partial charge in [-0.1, -0.05) is 12.5 Å². The first-order valence-electron chi connectivity index (χ1n) is 7.87. The van der Waals surface area contributed by atoms with Crippen LogP contribution in [-0.2, 0) is 0 Å². The summed E-state index contributed by atoms with van der Waals surface area (Å²) in [7, 11) is 0. The van der Waals surface area contributed by atoms with Gasteiger partial charge in [0.1, 0.15) is 0 Å². The standard InChI is InChI=1S/C17H23IN2O/c1-10-5-6-13(9-15(10)18)17(21)20-16-11-3-2-4-12(16)8-14(19)7-11/h5-6,9,11-12,14,16H,2-4,7-8,19H2,1H3,(H,20,21). The second-order valence-corrected chi connectivity index (χ2v) is 7.81. The smallest absolute Gasteiger partial charge is 0.251 e. The molecule has 0 aromatic heterocycles. The summed E-state index contributed by atoms with van der Waals surface area (Å²) >= 11 is 2.29. The molecule has 2 unspecified atom stereocenters. The van der Waals surface area contributed by atoms with Gasteiger partial charge >= 0.3 is 0 Å². The average Bonchev–Trinajstić information content (AvgIpc) is 2.42. The van der Waals surface area contributed by atoms with Crippen LogP contribution in [0.2, 0.25) is 0 Å². The van der Waals surface area contributed by atoms with E-state index in [1.54, 1.807) is 0 Å². The molecule has 114 valence electrons. The summed E-state index contributed by atoms with van der Waals surface area (Å²) in [4.78, 5) is 12.5. The fourth-order valence-corrected chi connectivity index (χ4v) is 4.51. The van der Waals surface area contributed by atoms with Crippen molar-refractivity contribution < 1.29 is 4.79 Å². The predicted octanol–water partition coefficient (Wildman–Crippen LogP) is 3.24. The third-order valence-corrected chi connectivity index (χ3v) is 6.27. The van der Waals surface area contributed by atoms with Gasteiger partial charge in [-0.2, -0.15) is 0 Å². The lowest BCUT2D eigenvalue weighted by molar-refractivity contribution is 0.0756. The number of aryl methyl sites for hydroxylation is 1. The molecule has 0 spiro atoms. The van der Waals surface area contributed by atoms with E-state index in [4.69, 9.17) is 5.73 Å². The SMILES string of the molecule is Cc1ccc(C(=O)NC2C3CCCC2CC(N)C3)cc1I. The Kier molecular flexibility index (Phi) is 4.54. The Morgan fingerprint density at radius 2 is 1.95 bits per heavy atom. The molecule has 0 heterocycles. The molecule has 1 aromatic rings. The van der Waals surface area contributed by atoms with Crippen LogP contribution in [-0.4, -0.2) is 18.0 Å². The Morgan fingerprint density at radius 1 is 1.29 bits per heavy atom. The molecule has 3 nitrogen and oxygen atoms in total. The Balaban J connectivity index is 1.73. The number of carbonyl (C=O) groups excluding carboxylic acids is 1. The zero-order valence-corrected chi connectivity index (χ0v) is 14.6. The van der Waals surface area contributed by atoms with E-state index >= 15 is 0 Å². The topological polar surface area (TPSA) is 55.1 Å².